The van der Waals surface area contributed by atoms with Crippen LogP contribution in [0.5, 0.6) is 0 Å². The number of unbranched alkanes of at least 4 members (excludes halogenated alkanes) is 2. The van der Waals surface area contributed by atoms with Crippen LogP contribution in [0.3, 0.4) is 0 Å². The molecule has 0 saturated heterocycles. The summed E-state index contributed by atoms with van der Waals surface area (Å²) in [6.45, 7) is 3.48. The van der Waals surface area contributed by atoms with Gasteiger partial charge in [0.2, 0.25) is 15.6 Å². The Bertz CT molecular complexity index is 651. The normalized spacial score (nSPS) is 12.0. The maximum absolute atomic E-state index is 12.0. The molecule has 1 unspecified atom stereocenters. The quantitative estimate of drug-likeness (QED) is 0.204. The minimum absolute atomic E-state index is 0.159. The van der Waals surface area contributed by atoms with E-state index in [1.165, 1.54) is 6.92 Å². The molecule has 150 valence electrons. The number of amides is 2. The lowest BCUT2D eigenvalue weighted by Crippen LogP contribution is -2.56. The molecule has 1 atom stereocenters. The van der Waals surface area contributed by atoms with Crippen molar-refractivity contribution in [3.05, 3.63) is 24.3 Å². The fourth-order valence-electron chi connectivity index (χ4n) is 2.11. The van der Waals surface area contributed by atoms with Crippen molar-refractivity contribution in [3.63, 3.8) is 0 Å². The molecule has 0 heterocycles. The Hall–Kier alpha value is -1.28. The van der Waals surface area contributed by atoms with E-state index in [2.05, 4.69) is 28.2 Å². The standard InChI is InChI=1S/C17H23Cl3N4O2S/c1-3-4-5-6-14(26)23-15(17(18,19)20)24-16(27)22-13-9-7-12(8-10-13)21-11(2)25/h7-10,15H,3-6H2,1-2H3,(H,21,25)(H,23,26)(H2,22,24,27). The zero-order valence-corrected chi connectivity index (χ0v) is 18.2. The summed E-state index contributed by atoms with van der Waals surface area (Å²) in [6.07, 6.45) is 2.08. The monoisotopic (exact) mass is 452 g/mol. The summed E-state index contributed by atoms with van der Waals surface area (Å²) in [6, 6.07) is 6.89. The van der Waals surface area contributed by atoms with E-state index in [0.29, 0.717) is 17.8 Å². The number of anilines is 2. The van der Waals surface area contributed by atoms with Gasteiger partial charge in [-0.2, -0.15) is 0 Å². The molecule has 0 aliphatic carbocycles. The highest BCUT2D eigenvalue weighted by Crippen LogP contribution is 2.29. The Morgan fingerprint density at radius 2 is 1.59 bits per heavy atom. The number of hydrogen-bond acceptors (Lipinski definition) is 3. The number of benzene rings is 1. The molecule has 1 rings (SSSR count). The van der Waals surface area contributed by atoms with Crippen LogP contribution in [0.15, 0.2) is 24.3 Å². The average Bonchev–Trinajstić information content (AvgIpc) is 2.55. The van der Waals surface area contributed by atoms with Crippen molar-refractivity contribution in [2.75, 3.05) is 10.6 Å². The molecule has 4 N–H and O–H groups in total. The summed E-state index contributed by atoms with van der Waals surface area (Å²) >= 11 is 23.1. The van der Waals surface area contributed by atoms with Crippen molar-refractivity contribution < 1.29 is 9.59 Å². The van der Waals surface area contributed by atoms with E-state index in [1.807, 2.05) is 0 Å². The predicted octanol–water partition coefficient (Wildman–Crippen LogP) is 4.32. The maximum atomic E-state index is 12.0. The molecular formula is C17H23Cl3N4O2S. The summed E-state index contributed by atoms with van der Waals surface area (Å²) < 4.78 is -1.79. The van der Waals surface area contributed by atoms with Crippen LogP contribution in [0.1, 0.15) is 39.5 Å². The van der Waals surface area contributed by atoms with Gasteiger partial charge in [-0.25, -0.2) is 0 Å². The van der Waals surface area contributed by atoms with Crippen LogP contribution in [-0.2, 0) is 9.59 Å². The van der Waals surface area contributed by atoms with Gasteiger partial charge >= 0.3 is 0 Å². The molecule has 1 aromatic rings. The first-order chi connectivity index (χ1) is 12.6. The lowest BCUT2D eigenvalue weighted by atomic mass is 10.2. The highest BCUT2D eigenvalue weighted by Gasteiger charge is 2.34. The molecule has 2 amide bonds. The first kappa shape index (κ1) is 23.8. The second kappa shape index (κ2) is 11.5. The second-order valence-electron chi connectivity index (χ2n) is 5.86. The Kier molecular flexibility index (Phi) is 10.2. The van der Waals surface area contributed by atoms with Crippen molar-refractivity contribution in [2.45, 2.75) is 49.5 Å². The van der Waals surface area contributed by atoms with Crippen molar-refractivity contribution in [1.29, 1.82) is 0 Å². The highest BCUT2D eigenvalue weighted by atomic mass is 35.6. The van der Waals surface area contributed by atoms with Crippen LogP contribution in [0, 0.1) is 0 Å². The number of nitrogens with one attached hydrogen (secondary N) is 4. The average molecular weight is 454 g/mol. The van der Waals surface area contributed by atoms with Gasteiger partial charge in [0.05, 0.1) is 0 Å². The van der Waals surface area contributed by atoms with Crippen molar-refractivity contribution in [2.24, 2.45) is 0 Å². The summed E-state index contributed by atoms with van der Waals surface area (Å²) in [5, 5.41) is 11.2. The zero-order chi connectivity index (χ0) is 20.4. The minimum atomic E-state index is -1.79. The summed E-state index contributed by atoms with van der Waals surface area (Å²) in [5.41, 5.74) is 1.32. The van der Waals surface area contributed by atoms with Gasteiger partial charge in [0.25, 0.3) is 0 Å². The topological polar surface area (TPSA) is 82.3 Å². The van der Waals surface area contributed by atoms with Crippen molar-refractivity contribution in [3.8, 4) is 0 Å². The van der Waals surface area contributed by atoms with Gasteiger partial charge in [-0.3, -0.25) is 9.59 Å². The first-order valence-corrected chi connectivity index (χ1v) is 9.97. The number of carbonyl (C=O) groups is 2. The highest BCUT2D eigenvalue weighted by molar-refractivity contribution is 7.80. The van der Waals surface area contributed by atoms with Gasteiger partial charge in [-0.05, 0) is 42.9 Å². The molecule has 10 heteroatoms. The molecule has 1 aromatic carbocycles. The third-order valence-corrected chi connectivity index (χ3v) is 4.25. The molecule has 27 heavy (non-hydrogen) atoms. The Morgan fingerprint density at radius 1 is 1.04 bits per heavy atom. The van der Waals surface area contributed by atoms with E-state index in [4.69, 9.17) is 47.0 Å². The van der Waals surface area contributed by atoms with Gasteiger partial charge < -0.3 is 21.3 Å². The fraction of sp³-hybridized carbons (Fsp3) is 0.471. The van der Waals surface area contributed by atoms with Crippen LogP contribution in [0.2, 0.25) is 0 Å². The van der Waals surface area contributed by atoms with E-state index < -0.39 is 9.96 Å². The van der Waals surface area contributed by atoms with E-state index >= 15 is 0 Å². The second-order valence-corrected chi connectivity index (χ2v) is 8.63. The lowest BCUT2D eigenvalue weighted by molar-refractivity contribution is -0.122. The van der Waals surface area contributed by atoms with Crippen LogP contribution < -0.4 is 21.3 Å². The summed E-state index contributed by atoms with van der Waals surface area (Å²) in [5.74, 6) is -0.386. The Morgan fingerprint density at radius 3 is 2.07 bits per heavy atom. The number of hydrogen-bond donors (Lipinski definition) is 4. The van der Waals surface area contributed by atoms with E-state index in [1.54, 1.807) is 24.3 Å². The molecule has 0 aromatic heterocycles. The molecule has 0 bridgehead atoms. The summed E-state index contributed by atoms with van der Waals surface area (Å²) in [4.78, 5) is 23.0. The Balaban J connectivity index is 2.63. The molecule has 0 saturated carbocycles. The molecule has 0 aliphatic heterocycles. The smallest absolute Gasteiger partial charge is 0.228 e. The van der Waals surface area contributed by atoms with Crippen LogP contribution in [-0.4, -0.2) is 26.9 Å². The zero-order valence-electron chi connectivity index (χ0n) is 15.1. The molecule has 0 fully saturated rings. The third-order valence-electron chi connectivity index (χ3n) is 3.38. The van der Waals surface area contributed by atoms with E-state index in [-0.39, 0.29) is 16.9 Å². The third kappa shape index (κ3) is 10.0. The van der Waals surface area contributed by atoms with Gasteiger partial charge in [-0.15, -0.1) is 0 Å². The lowest BCUT2D eigenvalue weighted by Gasteiger charge is -2.27. The van der Waals surface area contributed by atoms with Crippen LogP contribution in [0.4, 0.5) is 11.4 Å². The van der Waals surface area contributed by atoms with Crippen LogP contribution in [0.25, 0.3) is 0 Å². The fourth-order valence-corrected chi connectivity index (χ4v) is 2.67. The molecule has 0 spiro atoms. The SMILES string of the molecule is CCCCCC(=O)NC(NC(=S)Nc1ccc(NC(C)=O)cc1)C(Cl)(Cl)Cl. The number of rotatable bonds is 8. The number of thiocarbonyl (C=S) groups is 1. The van der Waals surface area contributed by atoms with E-state index in [9.17, 15) is 9.59 Å². The van der Waals surface area contributed by atoms with Crippen LogP contribution >= 0.6 is 47.0 Å². The van der Waals surface area contributed by atoms with E-state index in [0.717, 1.165) is 19.3 Å². The van der Waals surface area contributed by atoms with Gasteiger partial charge in [0.1, 0.15) is 6.17 Å². The molecule has 0 aliphatic rings. The molecule has 0 radical (unpaired) electrons. The van der Waals surface area contributed by atoms with Gasteiger partial charge in [0.15, 0.2) is 5.11 Å². The minimum Gasteiger partial charge on any atom is -0.339 e. The number of alkyl halides is 3. The van der Waals surface area contributed by atoms with Gasteiger partial charge in [-0.1, -0.05) is 54.6 Å². The van der Waals surface area contributed by atoms with Crippen molar-refractivity contribution in [1.82, 2.24) is 10.6 Å². The number of halogens is 3. The van der Waals surface area contributed by atoms with Crippen molar-refractivity contribution >= 4 is 75.3 Å². The largest absolute Gasteiger partial charge is 0.339 e. The maximum Gasteiger partial charge on any atom is 0.228 e. The molecule has 6 nitrogen and oxygen atoms in total. The number of carbonyl (C=O) groups excluding carboxylic acids is 2. The predicted molar refractivity (Wildman–Crippen MR) is 116 cm³/mol. The summed E-state index contributed by atoms with van der Waals surface area (Å²) in [7, 11) is 0. The first-order valence-electron chi connectivity index (χ1n) is 8.43. The van der Waals surface area contributed by atoms with Gasteiger partial charge in [0, 0.05) is 24.7 Å². The molecular weight excluding hydrogens is 431 g/mol. The Labute approximate surface area is 179 Å².